The van der Waals surface area contributed by atoms with Crippen molar-refractivity contribution >= 4 is 21.6 Å². The van der Waals surface area contributed by atoms with Crippen LogP contribution in [0.5, 0.6) is 0 Å². The molecule has 0 fully saturated rings. The van der Waals surface area contributed by atoms with Gasteiger partial charge in [-0.05, 0) is 18.5 Å². The molecule has 3 aromatic heterocycles. The van der Waals surface area contributed by atoms with Gasteiger partial charge in [-0.2, -0.15) is 5.10 Å². The highest BCUT2D eigenvalue weighted by molar-refractivity contribution is 7.16. The van der Waals surface area contributed by atoms with E-state index in [1.54, 1.807) is 18.8 Å². The van der Waals surface area contributed by atoms with Gasteiger partial charge in [0, 0.05) is 11.2 Å². The zero-order valence-corrected chi connectivity index (χ0v) is 9.32. The molecule has 0 aliphatic carbocycles. The van der Waals surface area contributed by atoms with E-state index in [0.29, 0.717) is 11.4 Å². The van der Waals surface area contributed by atoms with Crippen molar-refractivity contribution in [2.45, 2.75) is 6.85 Å². The standard InChI is InChI=1S/C11H10N4S/c1-7-4-14-15(2)11(7)8-3-10-9(5-12-8)13-6-16-10/h3-6H,1-2H3/i1D3. The first kappa shape index (κ1) is 6.75. The number of hydrogen-bond donors (Lipinski definition) is 0. The Kier molecular flexibility index (Phi) is 1.43. The molecule has 0 aliphatic heterocycles. The van der Waals surface area contributed by atoms with Crippen molar-refractivity contribution in [3.05, 3.63) is 29.5 Å². The summed E-state index contributed by atoms with van der Waals surface area (Å²) in [5.74, 6) is 0. The molecular formula is C11H10N4S. The van der Waals surface area contributed by atoms with Gasteiger partial charge in [-0.1, -0.05) is 0 Å². The largest absolute Gasteiger partial charge is 0.266 e. The van der Waals surface area contributed by atoms with E-state index >= 15 is 0 Å². The molecule has 3 heterocycles. The summed E-state index contributed by atoms with van der Waals surface area (Å²) in [4.78, 5) is 8.45. The van der Waals surface area contributed by atoms with Crippen LogP contribution in [0.3, 0.4) is 0 Å². The van der Waals surface area contributed by atoms with E-state index in [1.807, 2.05) is 6.07 Å². The molecule has 0 amide bonds. The van der Waals surface area contributed by atoms with Crippen LogP contribution in [0.1, 0.15) is 9.68 Å². The second-order valence-electron chi connectivity index (χ2n) is 3.42. The molecule has 0 aromatic carbocycles. The Morgan fingerprint density at radius 2 is 2.31 bits per heavy atom. The predicted molar refractivity (Wildman–Crippen MR) is 64.4 cm³/mol. The number of fused-ring (bicyclic) bond motifs is 1. The number of pyridine rings is 1. The van der Waals surface area contributed by atoms with Crippen LogP contribution < -0.4 is 0 Å². The highest BCUT2D eigenvalue weighted by Gasteiger charge is 2.09. The maximum Gasteiger partial charge on any atom is 0.0995 e. The summed E-state index contributed by atoms with van der Waals surface area (Å²) in [7, 11) is 1.71. The van der Waals surface area contributed by atoms with Crippen LogP contribution in [0, 0.1) is 6.85 Å². The molecule has 0 bridgehead atoms. The van der Waals surface area contributed by atoms with E-state index in [0.717, 1.165) is 10.2 Å². The third-order valence-corrected chi connectivity index (χ3v) is 3.19. The maximum absolute atomic E-state index is 7.55. The Morgan fingerprint density at radius 3 is 3.19 bits per heavy atom. The van der Waals surface area contributed by atoms with E-state index in [4.69, 9.17) is 4.11 Å². The fraction of sp³-hybridized carbons (Fsp3) is 0.182. The third kappa shape index (κ3) is 1.32. The van der Waals surface area contributed by atoms with Crippen LogP contribution in [0.25, 0.3) is 21.6 Å². The third-order valence-electron chi connectivity index (χ3n) is 2.40. The quantitative estimate of drug-likeness (QED) is 0.648. The topological polar surface area (TPSA) is 43.6 Å². The second kappa shape index (κ2) is 3.38. The monoisotopic (exact) mass is 233 g/mol. The van der Waals surface area contributed by atoms with E-state index in [9.17, 15) is 0 Å². The van der Waals surface area contributed by atoms with E-state index in [1.165, 1.54) is 22.2 Å². The second-order valence-corrected chi connectivity index (χ2v) is 4.31. The van der Waals surface area contributed by atoms with Crippen molar-refractivity contribution in [2.75, 3.05) is 0 Å². The van der Waals surface area contributed by atoms with Gasteiger partial charge in [0.25, 0.3) is 0 Å². The lowest BCUT2D eigenvalue weighted by Gasteiger charge is -2.02. The van der Waals surface area contributed by atoms with Gasteiger partial charge in [0.05, 0.1) is 39.5 Å². The highest BCUT2D eigenvalue weighted by Crippen LogP contribution is 2.25. The summed E-state index contributed by atoms with van der Waals surface area (Å²) in [6.45, 7) is -2.20. The molecule has 0 aliphatic rings. The van der Waals surface area contributed by atoms with E-state index in [2.05, 4.69) is 15.1 Å². The van der Waals surface area contributed by atoms with Crippen LogP contribution in [0.2, 0.25) is 0 Å². The first-order valence-electron chi connectivity index (χ1n) is 6.19. The fourth-order valence-electron chi connectivity index (χ4n) is 1.63. The molecule has 5 heteroatoms. The normalized spacial score (nSPS) is 14.7. The van der Waals surface area contributed by atoms with Gasteiger partial charge in [0.15, 0.2) is 0 Å². The Morgan fingerprint density at radius 1 is 1.38 bits per heavy atom. The molecule has 3 aromatic rings. The van der Waals surface area contributed by atoms with Gasteiger partial charge in [0.1, 0.15) is 0 Å². The van der Waals surface area contributed by atoms with Gasteiger partial charge >= 0.3 is 0 Å². The molecule has 0 spiro atoms. The number of nitrogens with zero attached hydrogens (tertiary/aromatic N) is 4. The van der Waals surface area contributed by atoms with Crippen molar-refractivity contribution in [3.8, 4) is 11.4 Å². The highest BCUT2D eigenvalue weighted by atomic mass is 32.1. The lowest BCUT2D eigenvalue weighted by molar-refractivity contribution is 0.773. The number of aryl methyl sites for hydroxylation is 2. The first-order chi connectivity index (χ1) is 8.97. The van der Waals surface area contributed by atoms with Crippen LogP contribution in [0.4, 0.5) is 0 Å². The molecule has 3 rings (SSSR count). The van der Waals surface area contributed by atoms with Crippen LogP contribution in [-0.4, -0.2) is 19.7 Å². The Hall–Kier alpha value is -1.75. The van der Waals surface area contributed by atoms with E-state index < -0.39 is 6.85 Å². The summed E-state index contributed by atoms with van der Waals surface area (Å²) >= 11 is 1.50. The number of rotatable bonds is 1. The summed E-state index contributed by atoms with van der Waals surface area (Å²) in [6.07, 6.45) is 3.03. The molecular weight excluding hydrogens is 220 g/mol. The average molecular weight is 233 g/mol. The van der Waals surface area contributed by atoms with Crippen molar-refractivity contribution in [1.82, 2.24) is 19.7 Å². The molecule has 0 N–H and O–H groups in total. The maximum atomic E-state index is 7.55. The lowest BCUT2D eigenvalue weighted by Crippen LogP contribution is -1.95. The minimum Gasteiger partial charge on any atom is -0.266 e. The van der Waals surface area contributed by atoms with E-state index in [-0.39, 0.29) is 5.56 Å². The minimum absolute atomic E-state index is 0.214. The summed E-state index contributed by atoms with van der Waals surface area (Å²) in [5, 5.41) is 4.03. The Balaban J connectivity index is 2.23. The molecule has 80 valence electrons. The number of hydrogen-bond acceptors (Lipinski definition) is 4. The number of thiazole rings is 1. The van der Waals surface area contributed by atoms with Crippen molar-refractivity contribution in [1.29, 1.82) is 0 Å². The molecule has 16 heavy (non-hydrogen) atoms. The molecule has 0 saturated carbocycles. The zero-order chi connectivity index (χ0) is 13.6. The molecule has 0 atom stereocenters. The summed E-state index contributed by atoms with van der Waals surface area (Å²) < 4.78 is 25.2. The molecule has 0 saturated heterocycles. The van der Waals surface area contributed by atoms with Crippen molar-refractivity contribution in [3.63, 3.8) is 0 Å². The SMILES string of the molecule is [2H]C([2H])([2H])c1cnn(C)c1-c1cc2scnc2cn1. The lowest BCUT2D eigenvalue weighted by atomic mass is 10.2. The van der Waals surface area contributed by atoms with Crippen LogP contribution >= 0.6 is 11.3 Å². The van der Waals surface area contributed by atoms with Gasteiger partial charge in [0.2, 0.25) is 0 Å². The van der Waals surface area contributed by atoms with Crippen LogP contribution in [0.15, 0.2) is 24.0 Å². The molecule has 4 nitrogen and oxygen atoms in total. The Bertz CT molecular complexity index is 744. The first-order valence-corrected chi connectivity index (χ1v) is 5.57. The molecule has 0 unspecified atom stereocenters. The predicted octanol–water partition coefficient (Wildman–Crippen LogP) is 2.40. The average Bonchev–Trinajstić information content (AvgIpc) is 2.92. The van der Waals surface area contributed by atoms with Gasteiger partial charge in [-0.15, -0.1) is 11.3 Å². The number of aromatic nitrogens is 4. The zero-order valence-electron chi connectivity index (χ0n) is 11.5. The van der Waals surface area contributed by atoms with Crippen LogP contribution in [-0.2, 0) is 7.05 Å². The Labute approximate surface area is 101 Å². The van der Waals surface area contributed by atoms with Gasteiger partial charge in [-0.3, -0.25) is 9.67 Å². The fourth-order valence-corrected chi connectivity index (χ4v) is 2.32. The summed E-state index contributed by atoms with van der Waals surface area (Å²) in [5.41, 5.74) is 3.89. The van der Waals surface area contributed by atoms with Gasteiger partial charge < -0.3 is 0 Å². The minimum atomic E-state index is -2.20. The van der Waals surface area contributed by atoms with Crippen molar-refractivity contribution in [2.24, 2.45) is 7.05 Å². The smallest absolute Gasteiger partial charge is 0.0995 e. The van der Waals surface area contributed by atoms with Gasteiger partial charge in [-0.25, -0.2) is 4.98 Å². The summed E-state index contributed by atoms with van der Waals surface area (Å²) in [6, 6.07) is 1.85. The molecule has 0 radical (unpaired) electrons. The van der Waals surface area contributed by atoms with Crippen molar-refractivity contribution < 1.29 is 4.11 Å².